The van der Waals surface area contributed by atoms with Crippen molar-refractivity contribution in [3.63, 3.8) is 0 Å². The Morgan fingerprint density at radius 1 is 1.33 bits per heavy atom. The summed E-state index contributed by atoms with van der Waals surface area (Å²) in [5, 5.41) is 0. The summed E-state index contributed by atoms with van der Waals surface area (Å²) in [6.07, 6.45) is 3.24. The molecule has 4 rings (SSSR count). The molecule has 0 aliphatic heterocycles. The highest BCUT2D eigenvalue weighted by Gasteiger charge is 2.85. The second kappa shape index (κ2) is 0.741. The monoisotopic (exact) mass is 120 g/mol. The van der Waals surface area contributed by atoms with Crippen molar-refractivity contribution in [3.05, 3.63) is 0 Å². The van der Waals surface area contributed by atoms with Gasteiger partial charge in [0.2, 0.25) is 0 Å². The second-order valence-electron chi connectivity index (χ2n) is 5.00. The highest BCUT2D eigenvalue weighted by molar-refractivity contribution is 5.33. The van der Waals surface area contributed by atoms with Gasteiger partial charge in [0.1, 0.15) is 0 Å². The molecule has 0 spiro atoms. The number of hydrogen-bond donors (Lipinski definition) is 0. The van der Waals surface area contributed by atoms with Crippen molar-refractivity contribution in [2.75, 3.05) is 0 Å². The Hall–Kier alpha value is 0. The summed E-state index contributed by atoms with van der Waals surface area (Å²) in [5.74, 6) is 6.22. The molecule has 0 heterocycles. The molecule has 0 saturated heterocycles. The number of fused-ring (bicyclic) bond motifs is 2. The van der Waals surface area contributed by atoms with E-state index in [0.717, 1.165) is 5.41 Å². The number of rotatable bonds is 0. The normalized spacial score (nSPS) is 87.0. The molecule has 6 unspecified atom stereocenters. The molecule has 0 bridgehead atoms. The van der Waals surface area contributed by atoms with E-state index in [2.05, 4.69) is 6.92 Å². The minimum Gasteiger partial charge on any atom is -0.0591 e. The molecule has 4 aliphatic rings. The largest absolute Gasteiger partial charge is 0.0591 e. The Labute approximate surface area is 55.6 Å². The molecule has 4 fully saturated rings. The average Bonchev–Trinajstić information content (AvgIpc) is 2.24. The van der Waals surface area contributed by atoms with Gasteiger partial charge in [-0.2, -0.15) is 0 Å². The van der Waals surface area contributed by atoms with E-state index in [0.29, 0.717) is 0 Å². The van der Waals surface area contributed by atoms with E-state index in [1.807, 2.05) is 0 Å². The minimum atomic E-state index is 0.915. The van der Waals surface area contributed by atoms with Crippen LogP contribution in [-0.4, -0.2) is 0 Å². The van der Waals surface area contributed by atoms with Crippen molar-refractivity contribution in [3.8, 4) is 0 Å². The maximum absolute atomic E-state index is 2.54. The van der Waals surface area contributed by atoms with Crippen LogP contribution in [0, 0.1) is 35.0 Å². The molecule has 0 heteroatoms. The van der Waals surface area contributed by atoms with Gasteiger partial charge in [0.25, 0.3) is 0 Å². The quantitative estimate of drug-likeness (QED) is 0.458. The molecular weight excluding hydrogens is 108 g/mol. The smallest absolute Gasteiger partial charge is 0.0255 e. The third-order valence-electron chi connectivity index (χ3n) is 4.99. The van der Waals surface area contributed by atoms with Crippen LogP contribution >= 0.6 is 0 Å². The summed E-state index contributed by atoms with van der Waals surface area (Å²) < 4.78 is 0. The highest BCUT2D eigenvalue weighted by Crippen LogP contribution is 2.91. The van der Waals surface area contributed by atoms with E-state index in [1.54, 1.807) is 12.8 Å². The molecule has 0 nitrogen and oxygen atoms in total. The van der Waals surface area contributed by atoms with Crippen LogP contribution in [-0.2, 0) is 0 Å². The lowest BCUT2D eigenvalue weighted by atomic mass is 9.51. The summed E-state index contributed by atoms with van der Waals surface area (Å²) in [7, 11) is 0. The molecule has 0 radical (unpaired) electrons. The average molecular weight is 120 g/mol. The van der Waals surface area contributed by atoms with E-state index >= 15 is 0 Å². The van der Waals surface area contributed by atoms with Gasteiger partial charge in [0.05, 0.1) is 0 Å². The van der Waals surface area contributed by atoms with Gasteiger partial charge >= 0.3 is 0 Å². The first-order valence-corrected chi connectivity index (χ1v) is 4.32. The first kappa shape index (κ1) is 4.00. The van der Waals surface area contributed by atoms with E-state index in [-0.39, 0.29) is 0 Å². The first-order valence-electron chi connectivity index (χ1n) is 4.32. The fourth-order valence-electron chi connectivity index (χ4n) is 4.75. The predicted octanol–water partition coefficient (Wildman–Crippen LogP) is 1.91. The summed E-state index contributed by atoms with van der Waals surface area (Å²) in [4.78, 5) is 0. The Balaban J connectivity index is 1.97. The maximum Gasteiger partial charge on any atom is -0.0255 e. The number of hydrogen-bond acceptors (Lipinski definition) is 0. The molecular formula is C9H12. The molecule has 4 saturated carbocycles. The van der Waals surface area contributed by atoms with Crippen LogP contribution in [0.15, 0.2) is 0 Å². The summed E-state index contributed by atoms with van der Waals surface area (Å²) in [6.45, 7) is 2.54. The molecule has 0 aromatic carbocycles. The van der Waals surface area contributed by atoms with E-state index in [9.17, 15) is 0 Å². The molecule has 48 valence electrons. The van der Waals surface area contributed by atoms with E-state index < -0.39 is 0 Å². The predicted molar refractivity (Wildman–Crippen MR) is 34.8 cm³/mol. The van der Waals surface area contributed by atoms with Crippen LogP contribution in [0.5, 0.6) is 0 Å². The molecule has 0 aromatic rings. The topological polar surface area (TPSA) is 0 Å². The van der Waals surface area contributed by atoms with Gasteiger partial charge in [0.15, 0.2) is 0 Å². The van der Waals surface area contributed by atoms with Gasteiger partial charge in [-0.3, -0.25) is 0 Å². The van der Waals surface area contributed by atoms with Crippen molar-refractivity contribution < 1.29 is 0 Å². The fraction of sp³-hybridized carbons (Fsp3) is 1.00. The maximum atomic E-state index is 2.54. The SMILES string of the molecule is CC12CC3CC4C3C1C42. The van der Waals surface area contributed by atoms with Gasteiger partial charge < -0.3 is 0 Å². The van der Waals surface area contributed by atoms with E-state index in [1.165, 1.54) is 29.6 Å². The molecule has 9 heavy (non-hydrogen) atoms. The molecule has 4 aliphatic carbocycles. The zero-order valence-corrected chi connectivity index (χ0v) is 5.80. The van der Waals surface area contributed by atoms with Gasteiger partial charge in [0, 0.05) is 0 Å². The molecule has 0 N–H and O–H groups in total. The van der Waals surface area contributed by atoms with Gasteiger partial charge in [-0.05, 0) is 47.8 Å². The lowest BCUT2D eigenvalue weighted by molar-refractivity contribution is -0.0514. The minimum absolute atomic E-state index is 0.915. The van der Waals surface area contributed by atoms with Crippen molar-refractivity contribution >= 4 is 0 Å². The van der Waals surface area contributed by atoms with E-state index in [4.69, 9.17) is 0 Å². The Morgan fingerprint density at radius 2 is 2.22 bits per heavy atom. The van der Waals surface area contributed by atoms with Crippen molar-refractivity contribution in [2.45, 2.75) is 19.8 Å². The summed E-state index contributed by atoms with van der Waals surface area (Å²) in [5.41, 5.74) is 0.915. The van der Waals surface area contributed by atoms with Crippen molar-refractivity contribution in [2.24, 2.45) is 35.0 Å². The van der Waals surface area contributed by atoms with Crippen LogP contribution in [0.3, 0.4) is 0 Å². The zero-order chi connectivity index (χ0) is 5.80. The Bertz CT molecular complexity index is 190. The third kappa shape index (κ3) is 0.189. The van der Waals surface area contributed by atoms with Crippen LogP contribution in [0.4, 0.5) is 0 Å². The zero-order valence-electron chi connectivity index (χ0n) is 5.80. The Kier molecular flexibility index (Phi) is 0.329. The standard InChI is InChI=1S/C9H12/c1-9-3-4-2-5-6(4)8(9)7(5)9/h4-8H,2-3H2,1H3. The van der Waals surface area contributed by atoms with Crippen molar-refractivity contribution in [1.82, 2.24) is 0 Å². The van der Waals surface area contributed by atoms with Gasteiger partial charge in [-0.25, -0.2) is 0 Å². The molecule has 6 atom stereocenters. The lowest BCUT2D eigenvalue weighted by Gasteiger charge is -2.53. The molecule has 0 aromatic heterocycles. The highest BCUT2D eigenvalue weighted by atomic mass is 14.9. The van der Waals surface area contributed by atoms with Crippen LogP contribution in [0.25, 0.3) is 0 Å². The third-order valence-corrected chi connectivity index (χ3v) is 4.99. The van der Waals surface area contributed by atoms with Crippen LogP contribution in [0.1, 0.15) is 19.8 Å². The summed E-state index contributed by atoms with van der Waals surface area (Å²) >= 11 is 0. The van der Waals surface area contributed by atoms with Crippen LogP contribution in [0.2, 0.25) is 0 Å². The molecule has 0 amide bonds. The second-order valence-corrected chi connectivity index (χ2v) is 5.00. The Morgan fingerprint density at radius 3 is 2.44 bits per heavy atom. The lowest BCUT2D eigenvalue weighted by Crippen LogP contribution is -2.47. The summed E-state index contributed by atoms with van der Waals surface area (Å²) in [6, 6.07) is 0. The van der Waals surface area contributed by atoms with Crippen LogP contribution < -0.4 is 0 Å². The van der Waals surface area contributed by atoms with Gasteiger partial charge in [-0.1, -0.05) is 6.92 Å². The fourth-order valence-corrected chi connectivity index (χ4v) is 4.75. The first-order chi connectivity index (χ1) is 4.32. The van der Waals surface area contributed by atoms with Gasteiger partial charge in [-0.15, -0.1) is 0 Å². The van der Waals surface area contributed by atoms with Crippen molar-refractivity contribution in [1.29, 1.82) is 0 Å².